The SMILES string of the molecule is CC(C)(C)OC(=O)N1CC2CC(C1)CN(C(=O)[C@@H]1CCC(=O)N1Cc1ccccc1Br)C2.S. The van der Waals surface area contributed by atoms with Crippen molar-refractivity contribution in [1.82, 2.24) is 14.7 Å². The highest BCUT2D eigenvalue weighted by molar-refractivity contribution is 9.10. The summed E-state index contributed by atoms with van der Waals surface area (Å²) >= 11 is 3.55. The summed E-state index contributed by atoms with van der Waals surface area (Å²) in [4.78, 5) is 44.1. The lowest BCUT2D eigenvalue weighted by Crippen LogP contribution is -2.58. The van der Waals surface area contributed by atoms with Gasteiger partial charge in [-0.1, -0.05) is 34.1 Å². The largest absolute Gasteiger partial charge is 0.444 e. The maximum absolute atomic E-state index is 13.5. The van der Waals surface area contributed by atoms with Gasteiger partial charge in [0.05, 0.1) is 0 Å². The van der Waals surface area contributed by atoms with E-state index in [0.29, 0.717) is 45.6 Å². The fourth-order valence-corrected chi connectivity index (χ4v) is 5.56. The molecule has 4 rings (SSSR count). The molecule has 3 fully saturated rings. The summed E-state index contributed by atoms with van der Waals surface area (Å²) in [6.07, 6.45) is 1.73. The van der Waals surface area contributed by atoms with Crippen LogP contribution in [0.2, 0.25) is 0 Å². The quantitative estimate of drug-likeness (QED) is 0.586. The summed E-state index contributed by atoms with van der Waals surface area (Å²) in [6, 6.07) is 7.41. The van der Waals surface area contributed by atoms with E-state index in [0.717, 1.165) is 16.5 Å². The van der Waals surface area contributed by atoms with E-state index in [-0.39, 0.29) is 43.2 Å². The van der Waals surface area contributed by atoms with E-state index >= 15 is 0 Å². The molecular formula is C24H34BrN3O4S. The number of benzene rings is 1. The Balaban J connectivity index is 0.00000306. The minimum atomic E-state index is -0.516. The molecule has 9 heteroatoms. The number of piperidine rings is 2. The lowest BCUT2D eigenvalue weighted by atomic mass is 9.84. The third-order valence-electron chi connectivity index (χ3n) is 6.46. The Labute approximate surface area is 211 Å². The number of carbonyl (C=O) groups is 3. The molecule has 0 radical (unpaired) electrons. The Morgan fingerprint density at radius 2 is 1.67 bits per heavy atom. The smallest absolute Gasteiger partial charge is 0.410 e. The Morgan fingerprint density at radius 3 is 2.27 bits per heavy atom. The van der Waals surface area contributed by atoms with Crippen molar-refractivity contribution in [2.45, 2.75) is 58.2 Å². The highest BCUT2D eigenvalue weighted by Gasteiger charge is 2.43. The van der Waals surface area contributed by atoms with Crippen LogP contribution >= 0.6 is 29.4 Å². The molecule has 7 nitrogen and oxygen atoms in total. The number of ether oxygens (including phenoxy) is 1. The van der Waals surface area contributed by atoms with Crippen molar-refractivity contribution >= 4 is 47.3 Å². The first kappa shape index (κ1) is 25.9. The average molecular weight is 541 g/mol. The van der Waals surface area contributed by atoms with Gasteiger partial charge in [-0.2, -0.15) is 13.5 Å². The second-order valence-electron chi connectivity index (χ2n) is 10.3. The highest BCUT2D eigenvalue weighted by Crippen LogP contribution is 2.32. The first-order valence-corrected chi connectivity index (χ1v) is 12.2. The Morgan fingerprint density at radius 1 is 1.06 bits per heavy atom. The minimum Gasteiger partial charge on any atom is -0.444 e. The van der Waals surface area contributed by atoms with Gasteiger partial charge in [0.1, 0.15) is 11.6 Å². The van der Waals surface area contributed by atoms with Crippen LogP contribution in [0.3, 0.4) is 0 Å². The van der Waals surface area contributed by atoms with Gasteiger partial charge in [-0.15, -0.1) is 0 Å². The van der Waals surface area contributed by atoms with Gasteiger partial charge in [0.15, 0.2) is 0 Å². The minimum absolute atomic E-state index is 0. The third kappa shape index (κ3) is 6.04. The molecule has 0 saturated carbocycles. The highest BCUT2D eigenvalue weighted by atomic mass is 79.9. The van der Waals surface area contributed by atoms with Crippen molar-refractivity contribution in [3.8, 4) is 0 Å². The molecule has 3 saturated heterocycles. The number of hydrogen-bond donors (Lipinski definition) is 0. The van der Waals surface area contributed by atoms with E-state index < -0.39 is 11.6 Å². The Hall–Kier alpha value is -1.74. The fourth-order valence-electron chi connectivity index (χ4n) is 5.15. The number of fused-ring (bicyclic) bond motifs is 2. The van der Waals surface area contributed by atoms with Crippen molar-refractivity contribution < 1.29 is 19.1 Å². The summed E-state index contributed by atoms with van der Waals surface area (Å²) in [5.74, 6) is 0.566. The molecule has 2 bridgehead atoms. The molecule has 2 unspecified atom stereocenters. The van der Waals surface area contributed by atoms with Gasteiger partial charge in [0, 0.05) is 43.6 Å². The number of likely N-dealkylation sites (tertiary alicyclic amines) is 3. The zero-order valence-corrected chi connectivity index (χ0v) is 22.1. The van der Waals surface area contributed by atoms with Crippen molar-refractivity contribution in [3.63, 3.8) is 0 Å². The standard InChI is InChI=1S/C24H32BrN3O4.H2S/c1-24(2,3)32-23(31)27-13-16-10-17(14-27)12-26(11-16)22(30)20-8-9-21(29)28(20)15-18-6-4-5-7-19(18)25;/h4-7,16-17,20H,8-15H2,1-3H3;1H2/t16?,17?,20-;/m0./s1. The summed E-state index contributed by atoms with van der Waals surface area (Å²) in [7, 11) is 0. The van der Waals surface area contributed by atoms with Gasteiger partial charge in [-0.05, 0) is 57.1 Å². The fraction of sp³-hybridized carbons (Fsp3) is 0.625. The van der Waals surface area contributed by atoms with Crippen LogP contribution in [0.1, 0.15) is 45.6 Å². The molecular weight excluding hydrogens is 506 g/mol. The molecule has 1 aromatic rings. The van der Waals surface area contributed by atoms with Crippen LogP contribution in [0.5, 0.6) is 0 Å². The van der Waals surface area contributed by atoms with Crippen molar-refractivity contribution in [2.24, 2.45) is 11.8 Å². The summed E-state index contributed by atoms with van der Waals surface area (Å²) in [5, 5.41) is 0. The molecule has 0 aliphatic carbocycles. The van der Waals surface area contributed by atoms with E-state index in [4.69, 9.17) is 4.74 Å². The van der Waals surface area contributed by atoms with E-state index in [2.05, 4.69) is 15.9 Å². The lowest BCUT2D eigenvalue weighted by molar-refractivity contribution is -0.145. The van der Waals surface area contributed by atoms with Gasteiger partial charge >= 0.3 is 6.09 Å². The van der Waals surface area contributed by atoms with Gasteiger partial charge in [-0.25, -0.2) is 4.79 Å². The third-order valence-corrected chi connectivity index (χ3v) is 7.23. The van der Waals surface area contributed by atoms with E-state index in [1.807, 2.05) is 49.9 Å². The first-order valence-electron chi connectivity index (χ1n) is 11.4. The van der Waals surface area contributed by atoms with Crippen LogP contribution in [0.4, 0.5) is 4.79 Å². The number of rotatable bonds is 3. The maximum Gasteiger partial charge on any atom is 0.410 e. The molecule has 3 atom stereocenters. The van der Waals surface area contributed by atoms with Gasteiger partial charge in [0.2, 0.25) is 11.8 Å². The molecule has 0 spiro atoms. The van der Waals surface area contributed by atoms with Crippen molar-refractivity contribution in [2.75, 3.05) is 26.2 Å². The molecule has 3 heterocycles. The van der Waals surface area contributed by atoms with Crippen LogP contribution in [0, 0.1) is 11.8 Å². The van der Waals surface area contributed by atoms with Crippen LogP contribution in [-0.2, 0) is 20.9 Å². The Bertz CT molecular complexity index is 892. The molecule has 0 aromatic heterocycles. The maximum atomic E-state index is 13.5. The number of carbonyl (C=O) groups excluding carboxylic acids is 3. The van der Waals surface area contributed by atoms with E-state index in [1.165, 1.54) is 0 Å². The Kier molecular flexibility index (Phi) is 8.04. The molecule has 0 N–H and O–H groups in total. The van der Waals surface area contributed by atoms with Gasteiger partial charge in [-0.3, -0.25) is 9.59 Å². The lowest BCUT2D eigenvalue weighted by Gasteiger charge is -2.46. The van der Waals surface area contributed by atoms with Crippen LogP contribution in [-0.4, -0.2) is 70.4 Å². The predicted molar refractivity (Wildman–Crippen MR) is 134 cm³/mol. The van der Waals surface area contributed by atoms with Gasteiger partial charge < -0.3 is 19.4 Å². The summed E-state index contributed by atoms with van der Waals surface area (Å²) < 4.78 is 6.49. The molecule has 3 amide bonds. The summed E-state index contributed by atoms with van der Waals surface area (Å²) in [5.41, 5.74) is 0.488. The van der Waals surface area contributed by atoms with Gasteiger partial charge in [0.25, 0.3) is 0 Å². The van der Waals surface area contributed by atoms with E-state index in [1.54, 1.807) is 9.80 Å². The second kappa shape index (κ2) is 10.3. The molecule has 33 heavy (non-hydrogen) atoms. The van der Waals surface area contributed by atoms with Crippen LogP contribution < -0.4 is 0 Å². The van der Waals surface area contributed by atoms with Crippen molar-refractivity contribution in [3.05, 3.63) is 34.3 Å². The topological polar surface area (TPSA) is 70.2 Å². The average Bonchev–Trinajstić information content (AvgIpc) is 3.07. The second-order valence-corrected chi connectivity index (χ2v) is 11.1. The zero-order chi connectivity index (χ0) is 23.0. The van der Waals surface area contributed by atoms with E-state index in [9.17, 15) is 14.4 Å². The van der Waals surface area contributed by atoms with Crippen LogP contribution in [0.25, 0.3) is 0 Å². The zero-order valence-electron chi connectivity index (χ0n) is 19.6. The molecule has 1 aromatic carbocycles. The molecule has 3 aliphatic heterocycles. The normalized spacial score (nSPS) is 25.0. The van der Waals surface area contributed by atoms with Crippen molar-refractivity contribution in [1.29, 1.82) is 0 Å². The van der Waals surface area contributed by atoms with Crippen LogP contribution in [0.15, 0.2) is 28.7 Å². The molecule has 3 aliphatic rings. The summed E-state index contributed by atoms with van der Waals surface area (Å²) in [6.45, 7) is 8.53. The first-order chi connectivity index (χ1) is 15.1. The monoisotopic (exact) mass is 539 g/mol. The number of amides is 3. The number of nitrogens with zero attached hydrogens (tertiary/aromatic N) is 3. The predicted octanol–water partition coefficient (Wildman–Crippen LogP) is 3.77. The number of halogens is 1. The molecule has 182 valence electrons. The number of hydrogen-bond acceptors (Lipinski definition) is 4.